The summed E-state index contributed by atoms with van der Waals surface area (Å²) >= 11 is 0.867. The van der Waals surface area contributed by atoms with Gasteiger partial charge in [-0.2, -0.15) is 8.42 Å². The van der Waals surface area contributed by atoms with Crippen molar-refractivity contribution in [2.75, 3.05) is 4.72 Å². The largest absolute Gasteiger partial charge is 0.538 e. The van der Waals surface area contributed by atoms with Crippen LogP contribution in [-0.2, 0) is 10.0 Å². The van der Waals surface area contributed by atoms with Crippen molar-refractivity contribution in [1.82, 2.24) is 10.3 Å². The lowest BCUT2D eigenvalue weighted by molar-refractivity contribution is -0.706. The molecule has 4 aromatic rings. The van der Waals surface area contributed by atoms with Crippen molar-refractivity contribution in [2.24, 2.45) is 0 Å². The average molecular weight is 450 g/mol. The number of thiazole rings is 1. The number of nitrogens with zero attached hydrogens (tertiary/aromatic N) is 3. The Morgan fingerprint density at radius 1 is 1.17 bits per heavy atom. The van der Waals surface area contributed by atoms with Gasteiger partial charge in [0.05, 0.1) is 11.0 Å². The number of nitrogens with one attached hydrogen (secondary N) is 1. The van der Waals surface area contributed by atoms with Crippen LogP contribution in [0.5, 0.6) is 5.95 Å². The predicted molar refractivity (Wildman–Crippen MR) is 100 cm³/mol. The summed E-state index contributed by atoms with van der Waals surface area (Å²) in [5.41, 5.74) is 1.34. The third-order valence-corrected chi connectivity index (χ3v) is 6.24. The molecule has 8 nitrogen and oxygen atoms in total. The van der Waals surface area contributed by atoms with Gasteiger partial charge in [-0.25, -0.2) is 18.5 Å². The number of aryl methyl sites for hydroxylation is 1. The zero-order valence-corrected chi connectivity index (χ0v) is 16.8. The Bertz CT molecular complexity index is 1330. The molecule has 0 unspecified atom stereocenters. The molecule has 2 aromatic heterocycles. The number of anilines is 1. The Balaban J connectivity index is 1.67. The molecule has 0 aliphatic rings. The normalized spacial score (nSPS) is 11.6. The third-order valence-electron chi connectivity index (χ3n) is 4.04. The minimum Gasteiger partial charge on any atom is -0.538 e. The van der Waals surface area contributed by atoms with Crippen molar-refractivity contribution in [3.05, 3.63) is 65.0 Å². The van der Waals surface area contributed by atoms with Gasteiger partial charge in [0.25, 0.3) is 0 Å². The lowest BCUT2D eigenvalue weighted by atomic mass is 10.1. The summed E-state index contributed by atoms with van der Waals surface area (Å²) < 4.78 is 60.2. The molecule has 0 spiro atoms. The predicted octanol–water partition coefficient (Wildman–Crippen LogP) is 2.54. The molecule has 0 atom stereocenters. The quantitative estimate of drug-likeness (QED) is 0.468. The highest BCUT2D eigenvalue weighted by atomic mass is 32.2. The molecule has 2 aromatic carbocycles. The van der Waals surface area contributed by atoms with Crippen LogP contribution >= 0.6 is 11.3 Å². The molecule has 1 N–H and O–H groups in total. The minimum atomic E-state index is -4.44. The van der Waals surface area contributed by atoms with Gasteiger partial charge in [-0.15, -0.1) is 11.3 Å². The first-order valence-corrected chi connectivity index (χ1v) is 10.7. The van der Waals surface area contributed by atoms with Gasteiger partial charge in [-0.3, -0.25) is 0 Å². The number of halogens is 2. The third kappa shape index (κ3) is 3.74. The van der Waals surface area contributed by atoms with E-state index in [-0.39, 0.29) is 16.4 Å². The SMILES string of the molecule is Cc1ccc(-[n+]2noc([O-])c2S(=O)(=O)Nc2nc(-c3ccc(F)cc3F)cs2)cc1. The molecule has 0 aliphatic carbocycles. The minimum absolute atomic E-state index is 0.00214. The highest BCUT2D eigenvalue weighted by Crippen LogP contribution is 2.29. The summed E-state index contributed by atoms with van der Waals surface area (Å²) in [5.74, 6) is -2.75. The Morgan fingerprint density at radius 3 is 2.60 bits per heavy atom. The van der Waals surface area contributed by atoms with E-state index < -0.39 is 32.6 Å². The highest BCUT2D eigenvalue weighted by Gasteiger charge is 2.34. The van der Waals surface area contributed by atoms with E-state index in [4.69, 9.17) is 0 Å². The second-order valence-corrected chi connectivity index (χ2v) is 8.64. The van der Waals surface area contributed by atoms with Crippen LogP contribution in [0.15, 0.2) is 57.4 Å². The molecular formula is C18H12F2N4O4S2. The monoisotopic (exact) mass is 450 g/mol. The molecule has 154 valence electrons. The first kappa shape index (κ1) is 19.9. The van der Waals surface area contributed by atoms with Crippen LogP contribution in [0.1, 0.15) is 5.56 Å². The van der Waals surface area contributed by atoms with Gasteiger partial charge in [-0.05, 0) is 23.7 Å². The topological polar surface area (TPSA) is 112 Å². The van der Waals surface area contributed by atoms with Gasteiger partial charge in [-0.1, -0.05) is 17.7 Å². The summed E-state index contributed by atoms with van der Waals surface area (Å²) in [6.45, 7) is 1.85. The summed E-state index contributed by atoms with van der Waals surface area (Å²) in [6, 6.07) is 9.55. The first-order valence-electron chi connectivity index (χ1n) is 8.34. The lowest BCUT2D eigenvalue weighted by Crippen LogP contribution is -2.40. The van der Waals surface area contributed by atoms with Crippen molar-refractivity contribution < 1.29 is 31.5 Å². The van der Waals surface area contributed by atoms with Crippen LogP contribution in [0.25, 0.3) is 16.9 Å². The zero-order chi connectivity index (χ0) is 21.5. The van der Waals surface area contributed by atoms with Gasteiger partial charge >= 0.3 is 15.0 Å². The Morgan fingerprint density at radius 2 is 1.90 bits per heavy atom. The summed E-state index contributed by atoms with van der Waals surface area (Å²) in [6.07, 6.45) is 0. The molecule has 0 saturated heterocycles. The maximum absolute atomic E-state index is 13.9. The van der Waals surface area contributed by atoms with E-state index in [0.717, 1.165) is 27.6 Å². The number of rotatable bonds is 5. The van der Waals surface area contributed by atoms with Crippen LogP contribution in [0.4, 0.5) is 13.9 Å². The lowest BCUT2D eigenvalue weighted by Gasteiger charge is -2.02. The molecule has 0 bridgehead atoms. The van der Waals surface area contributed by atoms with Crippen LogP contribution in [0, 0.1) is 18.6 Å². The van der Waals surface area contributed by atoms with E-state index >= 15 is 0 Å². The van der Waals surface area contributed by atoms with E-state index in [1.54, 1.807) is 24.3 Å². The van der Waals surface area contributed by atoms with Crippen LogP contribution in [0.2, 0.25) is 0 Å². The summed E-state index contributed by atoms with van der Waals surface area (Å²) in [4.78, 5) is 4.01. The van der Waals surface area contributed by atoms with Crippen molar-refractivity contribution in [3.8, 4) is 22.9 Å². The van der Waals surface area contributed by atoms with Gasteiger partial charge in [0.1, 0.15) is 11.6 Å². The van der Waals surface area contributed by atoms with Gasteiger partial charge in [0.2, 0.25) is 5.69 Å². The van der Waals surface area contributed by atoms with Crippen molar-refractivity contribution in [2.45, 2.75) is 11.9 Å². The van der Waals surface area contributed by atoms with Gasteiger partial charge in [0, 0.05) is 29.1 Å². The molecule has 0 radical (unpaired) electrons. The second-order valence-electron chi connectivity index (χ2n) is 6.18. The van der Waals surface area contributed by atoms with E-state index in [1.807, 2.05) is 6.92 Å². The maximum atomic E-state index is 13.9. The number of aromatic nitrogens is 3. The number of benzene rings is 2. The van der Waals surface area contributed by atoms with Gasteiger partial charge in [0.15, 0.2) is 11.1 Å². The fourth-order valence-corrected chi connectivity index (χ4v) is 4.69. The van der Waals surface area contributed by atoms with Gasteiger partial charge < -0.3 is 9.63 Å². The van der Waals surface area contributed by atoms with E-state index in [1.165, 1.54) is 11.4 Å². The molecule has 4 rings (SSSR count). The fraction of sp³-hybridized carbons (Fsp3) is 0.0556. The maximum Gasteiger partial charge on any atom is 0.373 e. The fourth-order valence-electron chi connectivity index (χ4n) is 2.62. The summed E-state index contributed by atoms with van der Waals surface area (Å²) in [5, 5.41) is 16.1. The molecule has 12 heteroatoms. The Kier molecular flexibility index (Phi) is 4.95. The van der Waals surface area contributed by atoms with E-state index in [2.05, 4.69) is 19.5 Å². The molecule has 0 saturated carbocycles. The Hall–Kier alpha value is -3.38. The number of hydrogen-bond donors (Lipinski definition) is 1. The van der Waals surface area contributed by atoms with Crippen LogP contribution in [0.3, 0.4) is 0 Å². The van der Waals surface area contributed by atoms with Crippen molar-refractivity contribution in [3.63, 3.8) is 0 Å². The van der Waals surface area contributed by atoms with E-state index in [0.29, 0.717) is 11.8 Å². The van der Waals surface area contributed by atoms with Crippen LogP contribution < -0.4 is 14.5 Å². The molecule has 0 amide bonds. The highest BCUT2D eigenvalue weighted by molar-refractivity contribution is 7.92. The van der Waals surface area contributed by atoms with Crippen molar-refractivity contribution >= 4 is 26.5 Å². The standard InChI is InChI=1S/C18H12F2N4O4S2/c1-10-2-5-12(6-3-10)24-16(17(25)28-23-24)30(26,27)22-18-21-15(9-29-18)13-7-4-11(19)8-14(13)20/h2-9H,1H3,(H-,21,22,23,25). The number of sulfonamides is 1. The zero-order valence-electron chi connectivity index (χ0n) is 15.2. The Labute approximate surface area is 173 Å². The molecular weight excluding hydrogens is 438 g/mol. The van der Waals surface area contributed by atoms with Crippen LogP contribution in [-0.4, -0.2) is 18.7 Å². The first-order chi connectivity index (χ1) is 14.2. The molecule has 0 aliphatic heterocycles. The average Bonchev–Trinajstić information content (AvgIpc) is 3.29. The molecule has 2 heterocycles. The summed E-state index contributed by atoms with van der Waals surface area (Å²) in [7, 11) is -4.44. The molecule has 30 heavy (non-hydrogen) atoms. The second kappa shape index (κ2) is 7.46. The van der Waals surface area contributed by atoms with E-state index in [9.17, 15) is 22.3 Å². The smallest absolute Gasteiger partial charge is 0.373 e. The number of hydrogen-bond acceptors (Lipinski definition) is 7. The molecule has 0 fully saturated rings. The van der Waals surface area contributed by atoms with Crippen molar-refractivity contribution in [1.29, 1.82) is 0 Å².